The first-order valence-electron chi connectivity index (χ1n) is 5.11. The van der Waals surface area contributed by atoms with Crippen molar-refractivity contribution in [1.82, 2.24) is 9.78 Å². The van der Waals surface area contributed by atoms with E-state index >= 15 is 0 Å². The highest BCUT2D eigenvalue weighted by atomic mass is 32.2. The lowest BCUT2D eigenvalue weighted by atomic mass is 10.2. The number of nitrogens with two attached hydrogens (primary N) is 1. The highest BCUT2D eigenvalue weighted by Gasteiger charge is 2.06. The third-order valence-corrected chi connectivity index (χ3v) is 3.64. The highest BCUT2D eigenvalue weighted by Crippen LogP contribution is 2.31. The first kappa shape index (κ1) is 11.1. The second kappa shape index (κ2) is 4.22. The molecule has 1 aromatic carbocycles. The van der Waals surface area contributed by atoms with Crippen LogP contribution in [0, 0.1) is 13.8 Å². The van der Waals surface area contributed by atoms with E-state index < -0.39 is 0 Å². The van der Waals surface area contributed by atoms with Crippen molar-refractivity contribution in [2.45, 2.75) is 23.8 Å². The Kier molecular flexibility index (Phi) is 2.92. The Hall–Kier alpha value is -1.42. The van der Waals surface area contributed by atoms with Crippen molar-refractivity contribution >= 4 is 17.4 Å². The summed E-state index contributed by atoms with van der Waals surface area (Å²) in [4.78, 5) is 1.18. The van der Waals surface area contributed by atoms with E-state index in [4.69, 9.17) is 5.73 Å². The third kappa shape index (κ3) is 2.22. The largest absolute Gasteiger partial charge is 0.399 e. The Bertz CT molecular complexity index is 517. The van der Waals surface area contributed by atoms with Gasteiger partial charge in [-0.15, -0.1) is 0 Å². The maximum atomic E-state index is 5.79. The van der Waals surface area contributed by atoms with Gasteiger partial charge < -0.3 is 5.73 Å². The van der Waals surface area contributed by atoms with Gasteiger partial charge >= 0.3 is 0 Å². The molecule has 1 aromatic heterocycles. The fraction of sp³-hybridized carbons (Fsp3) is 0.250. The maximum Gasteiger partial charge on any atom is 0.0987 e. The molecule has 0 unspecified atom stereocenters. The van der Waals surface area contributed by atoms with E-state index in [0.29, 0.717) is 0 Å². The number of anilines is 1. The Balaban J connectivity index is 2.33. The van der Waals surface area contributed by atoms with Gasteiger partial charge in [0.1, 0.15) is 0 Å². The van der Waals surface area contributed by atoms with Crippen molar-refractivity contribution in [3.8, 4) is 0 Å². The molecule has 1 heterocycles. The number of aryl methyl sites for hydroxylation is 3. The molecule has 84 valence electrons. The molecule has 0 saturated carbocycles. The molecule has 0 amide bonds. The van der Waals surface area contributed by atoms with Crippen molar-refractivity contribution < 1.29 is 0 Å². The molecular formula is C12H15N3S. The molecule has 2 aromatic rings. The minimum atomic E-state index is 0.798. The van der Waals surface area contributed by atoms with Crippen LogP contribution in [-0.4, -0.2) is 9.78 Å². The number of nitrogens with zero attached hydrogens (tertiary/aromatic N) is 2. The molecule has 0 atom stereocenters. The van der Waals surface area contributed by atoms with E-state index in [2.05, 4.69) is 18.1 Å². The van der Waals surface area contributed by atoms with Crippen LogP contribution in [0.4, 0.5) is 5.69 Å². The molecule has 0 aliphatic rings. The SMILES string of the molecule is Cc1cc(Sc2cc(N)ccc2C)n(C)n1. The van der Waals surface area contributed by atoms with Crippen LogP contribution in [0.15, 0.2) is 34.2 Å². The Labute approximate surface area is 99.7 Å². The summed E-state index contributed by atoms with van der Waals surface area (Å²) >= 11 is 1.70. The monoisotopic (exact) mass is 233 g/mol. The quantitative estimate of drug-likeness (QED) is 0.811. The Morgan fingerprint density at radius 2 is 2.00 bits per heavy atom. The number of aromatic nitrogens is 2. The average Bonchev–Trinajstić information content (AvgIpc) is 2.51. The smallest absolute Gasteiger partial charge is 0.0987 e. The third-order valence-electron chi connectivity index (χ3n) is 2.39. The molecule has 0 aliphatic carbocycles. The molecule has 0 saturated heterocycles. The molecule has 2 N–H and O–H groups in total. The molecule has 16 heavy (non-hydrogen) atoms. The first-order valence-corrected chi connectivity index (χ1v) is 5.92. The van der Waals surface area contributed by atoms with Crippen LogP contribution in [0.1, 0.15) is 11.3 Å². The normalized spacial score (nSPS) is 10.7. The Morgan fingerprint density at radius 3 is 2.62 bits per heavy atom. The van der Waals surface area contributed by atoms with Gasteiger partial charge in [-0.1, -0.05) is 17.8 Å². The van der Waals surface area contributed by atoms with Crippen molar-refractivity contribution in [2.75, 3.05) is 5.73 Å². The molecule has 3 nitrogen and oxygen atoms in total. The van der Waals surface area contributed by atoms with Crippen molar-refractivity contribution in [3.63, 3.8) is 0 Å². The lowest BCUT2D eigenvalue weighted by Gasteiger charge is -2.06. The number of benzene rings is 1. The summed E-state index contributed by atoms with van der Waals surface area (Å²) in [6.45, 7) is 4.08. The maximum absolute atomic E-state index is 5.79. The molecule has 0 fully saturated rings. The van der Waals surface area contributed by atoms with Crippen molar-refractivity contribution in [3.05, 3.63) is 35.5 Å². The summed E-state index contributed by atoms with van der Waals surface area (Å²) < 4.78 is 1.89. The number of hydrogen-bond donors (Lipinski definition) is 1. The predicted octanol–water partition coefficient (Wildman–Crippen LogP) is 2.77. The van der Waals surface area contributed by atoms with Gasteiger partial charge in [0.2, 0.25) is 0 Å². The molecule has 4 heteroatoms. The van der Waals surface area contributed by atoms with Gasteiger partial charge in [-0.05, 0) is 37.6 Å². The summed E-state index contributed by atoms with van der Waals surface area (Å²) in [5, 5.41) is 5.45. The van der Waals surface area contributed by atoms with Crippen LogP contribution in [0.5, 0.6) is 0 Å². The van der Waals surface area contributed by atoms with E-state index in [9.17, 15) is 0 Å². The summed E-state index contributed by atoms with van der Waals surface area (Å²) in [6.07, 6.45) is 0. The molecule has 0 spiro atoms. The van der Waals surface area contributed by atoms with Crippen LogP contribution in [0.25, 0.3) is 0 Å². The lowest BCUT2D eigenvalue weighted by molar-refractivity contribution is 0.692. The fourth-order valence-electron chi connectivity index (χ4n) is 1.52. The summed E-state index contributed by atoms with van der Waals surface area (Å²) in [7, 11) is 1.96. The lowest BCUT2D eigenvalue weighted by Crippen LogP contribution is -1.93. The van der Waals surface area contributed by atoms with E-state index in [1.54, 1.807) is 11.8 Å². The first-order chi connectivity index (χ1) is 7.56. The van der Waals surface area contributed by atoms with Gasteiger partial charge in [-0.2, -0.15) is 5.10 Å². The predicted molar refractivity (Wildman–Crippen MR) is 67.7 cm³/mol. The number of nitrogen functional groups attached to an aromatic ring is 1. The van der Waals surface area contributed by atoms with Gasteiger partial charge in [0, 0.05) is 17.6 Å². The number of hydrogen-bond acceptors (Lipinski definition) is 3. The standard InChI is InChI=1S/C12H15N3S/c1-8-4-5-10(13)7-11(8)16-12-6-9(2)14-15(12)3/h4-7H,13H2,1-3H3. The van der Waals surface area contributed by atoms with Gasteiger partial charge in [-0.3, -0.25) is 4.68 Å². The van der Waals surface area contributed by atoms with Crippen LogP contribution in [0.2, 0.25) is 0 Å². The van der Waals surface area contributed by atoms with Crippen LogP contribution >= 0.6 is 11.8 Å². The van der Waals surface area contributed by atoms with E-state index in [1.165, 1.54) is 10.5 Å². The fourth-order valence-corrected chi connectivity index (χ4v) is 2.57. The minimum absolute atomic E-state index is 0.798. The van der Waals surface area contributed by atoms with Crippen molar-refractivity contribution in [1.29, 1.82) is 0 Å². The highest BCUT2D eigenvalue weighted by molar-refractivity contribution is 7.99. The summed E-state index contributed by atoms with van der Waals surface area (Å²) in [5.74, 6) is 0. The van der Waals surface area contributed by atoms with Gasteiger partial charge in [0.15, 0.2) is 0 Å². The van der Waals surface area contributed by atoms with Crippen LogP contribution in [0.3, 0.4) is 0 Å². The van der Waals surface area contributed by atoms with Crippen molar-refractivity contribution in [2.24, 2.45) is 7.05 Å². The van der Waals surface area contributed by atoms with Crippen LogP contribution in [-0.2, 0) is 7.05 Å². The second-order valence-corrected chi connectivity index (χ2v) is 4.94. The minimum Gasteiger partial charge on any atom is -0.399 e. The van der Waals surface area contributed by atoms with Gasteiger partial charge in [-0.25, -0.2) is 0 Å². The molecule has 0 radical (unpaired) electrons. The Morgan fingerprint density at radius 1 is 1.25 bits per heavy atom. The van der Waals surface area contributed by atoms with Gasteiger partial charge in [0.25, 0.3) is 0 Å². The van der Waals surface area contributed by atoms with E-state index in [1.807, 2.05) is 36.9 Å². The molecule has 0 bridgehead atoms. The zero-order valence-corrected chi connectivity index (χ0v) is 10.5. The molecule has 0 aliphatic heterocycles. The zero-order chi connectivity index (χ0) is 11.7. The molecule has 2 rings (SSSR count). The summed E-state index contributed by atoms with van der Waals surface area (Å²) in [6, 6.07) is 8.05. The number of rotatable bonds is 2. The topological polar surface area (TPSA) is 43.8 Å². The van der Waals surface area contributed by atoms with E-state index in [-0.39, 0.29) is 0 Å². The van der Waals surface area contributed by atoms with E-state index in [0.717, 1.165) is 16.4 Å². The second-order valence-electron chi connectivity index (χ2n) is 3.87. The average molecular weight is 233 g/mol. The molecular weight excluding hydrogens is 218 g/mol. The van der Waals surface area contributed by atoms with Crippen LogP contribution < -0.4 is 5.73 Å². The zero-order valence-electron chi connectivity index (χ0n) is 9.69. The van der Waals surface area contributed by atoms with Gasteiger partial charge in [0.05, 0.1) is 10.7 Å². The summed E-state index contributed by atoms with van der Waals surface area (Å²) in [5.41, 5.74) is 8.85.